The second-order valence-corrected chi connectivity index (χ2v) is 8.74. The maximum Gasteiger partial charge on any atom is 0.164 e. The Bertz CT molecular complexity index is 834. The van der Waals surface area contributed by atoms with Crippen molar-refractivity contribution in [3.63, 3.8) is 0 Å². The first-order valence-electron chi connectivity index (χ1n) is 11.6. The van der Waals surface area contributed by atoms with Gasteiger partial charge in [0.25, 0.3) is 0 Å². The zero-order valence-electron chi connectivity index (χ0n) is 18.9. The summed E-state index contributed by atoms with van der Waals surface area (Å²) in [5, 5.41) is 0. The first kappa shape index (κ1) is 22.1. The maximum atomic E-state index is 6.51. The largest absolute Gasteiger partial charge is 0.493 e. The number of fused-ring (bicyclic) bond motifs is 1. The lowest BCUT2D eigenvalue weighted by Crippen LogP contribution is -2.42. The van der Waals surface area contributed by atoms with Gasteiger partial charge in [0, 0.05) is 18.5 Å². The minimum Gasteiger partial charge on any atom is -0.493 e. The van der Waals surface area contributed by atoms with Crippen LogP contribution in [0, 0.1) is 5.92 Å². The average molecular weight is 425 g/mol. The summed E-state index contributed by atoms with van der Waals surface area (Å²) in [5.41, 5.74) is 9.88. The Balaban J connectivity index is 1.35. The van der Waals surface area contributed by atoms with E-state index in [4.69, 9.17) is 19.9 Å². The minimum atomic E-state index is -0.0718. The van der Waals surface area contributed by atoms with E-state index in [1.54, 1.807) is 14.2 Å². The van der Waals surface area contributed by atoms with Crippen LogP contribution >= 0.6 is 0 Å². The molecule has 2 unspecified atom stereocenters. The van der Waals surface area contributed by atoms with Crippen molar-refractivity contribution in [3.05, 3.63) is 59.2 Å². The molecular formula is C26H36N2O3. The number of nitrogens with zero attached hydrogens (tertiary/aromatic N) is 1. The first-order valence-corrected chi connectivity index (χ1v) is 11.6. The number of methoxy groups -OCH3 is 2. The highest BCUT2D eigenvalue weighted by Gasteiger charge is 2.36. The molecule has 1 saturated heterocycles. The van der Waals surface area contributed by atoms with Crippen LogP contribution in [0.4, 0.5) is 0 Å². The SMILES string of the molecule is COc1ccc2c(c1OC)CC(C1CCN(CCCc3ccccc3)CC1)OC2CN. The quantitative estimate of drug-likeness (QED) is 0.694. The summed E-state index contributed by atoms with van der Waals surface area (Å²) in [4.78, 5) is 2.61. The van der Waals surface area contributed by atoms with Crippen LogP contribution < -0.4 is 15.2 Å². The molecule has 2 heterocycles. The number of rotatable bonds is 8. The normalized spacial score (nSPS) is 22.2. The van der Waals surface area contributed by atoms with E-state index in [2.05, 4.69) is 41.3 Å². The molecule has 5 heteroatoms. The average Bonchev–Trinajstić information content (AvgIpc) is 2.83. The third kappa shape index (κ3) is 5.05. The minimum absolute atomic E-state index is 0.0718. The molecule has 168 valence electrons. The Hall–Kier alpha value is -2.08. The fourth-order valence-corrected chi connectivity index (χ4v) is 5.21. The Morgan fingerprint density at radius 3 is 2.48 bits per heavy atom. The van der Waals surface area contributed by atoms with Crippen molar-refractivity contribution in [1.29, 1.82) is 0 Å². The summed E-state index contributed by atoms with van der Waals surface area (Å²) in [6.45, 7) is 3.95. The molecule has 0 radical (unpaired) electrons. The fraction of sp³-hybridized carbons (Fsp3) is 0.538. The Labute approximate surface area is 186 Å². The van der Waals surface area contributed by atoms with Crippen LogP contribution in [-0.4, -0.2) is 51.4 Å². The summed E-state index contributed by atoms with van der Waals surface area (Å²) >= 11 is 0. The molecular weight excluding hydrogens is 388 g/mol. The van der Waals surface area contributed by atoms with E-state index in [0.717, 1.165) is 43.0 Å². The molecule has 2 aliphatic heterocycles. The molecule has 2 atom stereocenters. The third-order valence-electron chi connectivity index (χ3n) is 6.93. The first-order chi connectivity index (χ1) is 15.2. The van der Waals surface area contributed by atoms with Crippen molar-refractivity contribution in [3.8, 4) is 11.5 Å². The van der Waals surface area contributed by atoms with E-state index in [1.807, 2.05) is 6.07 Å². The van der Waals surface area contributed by atoms with Crippen LogP contribution in [0.1, 0.15) is 42.1 Å². The van der Waals surface area contributed by atoms with Crippen LogP contribution in [0.5, 0.6) is 11.5 Å². The molecule has 0 saturated carbocycles. The van der Waals surface area contributed by atoms with Gasteiger partial charge in [0.15, 0.2) is 11.5 Å². The molecule has 0 spiro atoms. The molecule has 31 heavy (non-hydrogen) atoms. The molecule has 0 amide bonds. The second kappa shape index (κ2) is 10.5. The Morgan fingerprint density at radius 2 is 1.81 bits per heavy atom. The molecule has 4 rings (SSSR count). The van der Waals surface area contributed by atoms with Gasteiger partial charge in [-0.2, -0.15) is 0 Å². The number of ether oxygens (including phenoxy) is 3. The number of piperidine rings is 1. The van der Waals surface area contributed by atoms with Gasteiger partial charge in [-0.05, 0) is 68.4 Å². The van der Waals surface area contributed by atoms with Crippen molar-refractivity contribution >= 4 is 0 Å². The van der Waals surface area contributed by atoms with Gasteiger partial charge in [0.2, 0.25) is 0 Å². The summed E-state index contributed by atoms with van der Waals surface area (Å²) < 4.78 is 17.8. The summed E-state index contributed by atoms with van der Waals surface area (Å²) in [7, 11) is 3.41. The molecule has 2 aromatic carbocycles. The second-order valence-electron chi connectivity index (χ2n) is 8.74. The molecule has 5 nitrogen and oxygen atoms in total. The van der Waals surface area contributed by atoms with Gasteiger partial charge in [0.05, 0.1) is 26.4 Å². The van der Waals surface area contributed by atoms with E-state index in [-0.39, 0.29) is 12.2 Å². The highest BCUT2D eigenvalue weighted by molar-refractivity contribution is 5.52. The van der Waals surface area contributed by atoms with Crippen molar-refractivity contribution < 1.29 is 14.2 Å². The third-order valence-corrected chi connectivity index (χ3v) is 6.93. The van der Waals surface area contributed by atoms with E-state index in [9.17, 15) is 0 Å². The van der Waals surface area contributed by atoms with Crippen LogP contribution in [0.3, 0.4) is 0 Å². The van der Waals surface area contributed by atoms with Gasteiger partial charge in [-0.25, -0.2) is 0 Å². The molecule has 1 fully saturated rings. The van der Waals surface area contributed by atoms with Crippen molar-refractivity contribution in [1.82, 2.24) is 4.90 Å². The molecule has 2 aliphatic rings. The van der Waals surface area contributed by atoms with Crippen LogP contribution in [0.2, 0.25) is 0 Å². The molecule has 0 aromatic heterocycles. The van der Waals surface area contributed by atoms with Crippen LogP contribution in [0.25, 0.3) is 0 Å². The fourth-order valence-electron chi connectivity index (χ4n) is 5.21. The van der Waals surface area contributed by atoms with Crippen molar-refractivity contribution in [2.45, 2.75) is 44.3 Å². The van der Waals surface area contributed by atoms with Crippen LogP contribution in [-0.2, 0) is 17.6 Å². The lowest BCUT2D eigenvalue weighted by Gasteiger charge is -2.40. The van der Waals surface area contributed by atoms with Gasteiger partial charge in [-0.1, -0.05) is 36.4 Å². The lowest BCUT2D eigenvalue weighted by molar-refractivity contribution is -0.0647. The smallest absolute Gasteiger partial charge is 0.164 e. The van der Waals surface area contributed by atoms with Gasteiger partial charge >= 0.3 is 0 Å². The van der Waals surface area contributed by atoms with Gasteiger partial charge in [0.1, 0.15) is 0 Å². The standard InChI is InChI=1S/C26H36N2O3/c1-29-23-11-10-21-22(26(23)30-2)17-24(31-25(21)18-27)20-12-15-28(16-13-20)14-6-9-19-7-4-3-5-8-19/h3-5,7-8,10-11,20,24-25H,6,9,12-18,27H2,1-2H3. The number of likely N-dealkylation sites (tertiary alicyclic amines) is 1. The van der Waals surface area contributed by atoms with Gasteiger partial charge in [-0.3, -0.25) is 0 Å². The summed E-state index contributed by atoms with van der Waals surface area (Å²) in [5.74, 6) is 2.18. The van der Waals surface area contributed by atoms with Gasteiger partial charge in [-0.15, -0.1) is 0 Å². The van der Waals surface area contributed by atoms with Crippen molar-refractivity contribution in [2.24, 2.45) is 11.7 Å². The Morgan fingerprint density at radius 1 is 1.03 bits per heavy atom. The van der Waals surface area contributed by atoms with Crippen molar-refractivity contribution in [2.75, 3.05) is 40.4 Å². The maximum absolute atomic E-state index is 6.51. The van der Waals surface area contributed by atoms with Crippen LogP contribution in [0.15, 0.2) is 42.5 Å². The number of aryl methyl sites for hydroxylation is 1. The van der Waals surface area contributed by atoms with E-state index in [0.29, 0.717) is 12.5 Å². The molecule has 0 aliphatic carbocycles. The monoisotopic (exact) mass is 424 g/mol. The topological polar surface area (TPSA) is 57.0 Å². The van der Waals surface area contributed by atoms with E-state index >= 15 is 0 Å². The summed E-state index contributed by atoms with van der Waals surface area (Å²) in [6.07, 6.45) is 5.71. The molecule has 2 aromatic rings. The highest BCUT2D eigenvalue weighted by Crippen LogP contribution is 2.43. The number of benzene rings is 2. The zero-order chi connectivity index (χ0) is 21.6. The summed E-state index contributed by atoms with van der Waals surface area (Å²) in [6, 6.07) is 14.8. The highest BCUT2D eigenvalue weighted by atomic mass is 16.5. The van der Waals surface area contributed by atoms with Gasteiger partial charge < -0.3 is 24.8 Å². The number of nitrogens with two attached hydrogens (primary N) is 1. The molecule has 2 N–H and O–H groups in total. The number of hydrogen-bond acceptors (Lipinski definition) is 5. The van der Waals surface area contributed by atoms with E-state index in [1.165, 1.54) is 36.9 Å². The number of hydrogen-bond donors (Lipinski definition) is 1. The molecule has 0 bridgehead atoms. The predicted molar refractivity (Wildman–Crippen MR) is 124 cm³/mol. The lowest BCUT2D eigenvalue weighted by atomic mass is 9.83. The zero-order valence-corrected chi connectivity index (χ0v) is 18.9. The predicted octanol–water partition coefficient (Wildman–Crippen LogP) is 3.99. The Kier molecular flexibility index (Phi) is 7.49. The van der Waals surface area contributed by atoms with E-state index < -0.39 is 0 Å².